The molecule has 0 amide bonds. The molecule has 0 spiro atoms. The van der Waals surface area contributed by atoms with Crippen molar-refractivity contribution in [2.24, 2.45) is 46.8 Å². The van der Waals surface area contributed by atoms with Gasteiger partial charge in [0.15, 0.2) is 0 Å². The van der Waals surface area contributed by atoms with E-state index in [9.17, 15) is 5.11 Å². The van der Waals surface area contributed by atoms with Crippen LogP contribution in [0.25, 0.3) is 0 Å². The molecule has 1 N–H and O–H groups in total. The van der Waals surface area contributed by atoms with E-state index in [-0.39, 0.29) is 5.60 Å². The first-order valence-corrected chi connectivity index (χ1v) is 13.5. The Balaban J connectivity index is 1.27. The molecule has 1 aromatic rings. The molecule has 0 bridgehead atoms. The molecule has 32 heavy (non-hydrogen) atoms. The van der Waals surface area contributed by atoms with Crippen LogP contribution >= 0.6 is 0 Å². The summed E-state index contributed by atoms with van der Waals surface area (Å²) in [6.07, 6.45) is 17.4. The quantitative estimate of drug-likeness (QED) is 0.597. The summed E-state index contributed by atoms with van der Waals surface area (Å²) in [4.78, 5) is 0. The molecule has 9 atom stereocenters. The van der Waals surface area contributed by atoms with Crippen molar-refractivity contribution in [3.63, 3.8) is 0 Å². The van der Waals surface area contributed by atoms with Crippen LogP contribution in [0.5, 0.6) is 0 Å². The second kappa shape index (κ2) is 8.46. The minimum atomic E-state index is -0.363. The van der Waals surface area contributed by atoms with Crippen LogP contribution in [0.2, 0.25) is 0 Å². The Bertz CT molecular complexity index is 857. The summed E-state index contributed by atoms with van der Waals surface area (Å²) in [6, 6.07) is 2.21. The molecule has 0 unspecified atom stereocenters. The summed E-state index contributed by atoms with van der Waals surface area (Å²) < 4.78 is 2.00. The van der Waals surface area contributed by atoms with Gasteiger partial charge < -0.3 is 5.11 Å². The number of fused-ring (bicyclic) bond motifs is 5. The molecule has 4 heteroatoms. The lowest BCUT2D eigenvalue weighted by atomic mass is 9.48. The van der Waals surface area contributed by atoms with E-state index in [4.69, 9.17) is 5.26 Å². The van der Waals surface area contributed by atoms with E-state index in [0.717, 1.165) is 67.7 Å². The number of aromatic nitrogens is 2. The van der Waals surface area contributed by atoms with Gasteiger partial charge in [0, 0.05) is 12.7 Å². The normalized spacial score (nSPS) is 44.2. The Labute approximate surface area is 194 Å². The van der Waals surface area contributed by atoms with Crippen molar-refractivity contribution in [2.75, 3.05) is 0 Å². The van der Waals surface area contributed by atoms with E-state index in [1.165, 1.54) is 44.9 Å². The molecule has 176 valence electrons. The summed E-state index contributed by atoms with van der Waals surface area (Å²) in [7, 11) is 0. The van der Waals surface area contributed by atoms with Crippen molar-refractivity contribution in [2.45, 2.75) is 104 Å². The summed E-state index contributed by atoms with van der Waals surface area (Å²) >= 11 is 0. The molecule has 0 aromatic carbocycles. The smallest absolute Gasteiger partial charge is 0.102 e. The summed E-state index contributed by atoms with van der Waals surface area (Å²) in [5.74, 6) is 5.73. The second-order valence-electron chi connectivity index (χ2n) is 12.4. The van der Waals surface area contributed by atoms with Crippen molar-refractivity contribution in [3.8, 4) is 6.07 Å². The third-order valence-corrected chi connectivity index (χ3v) is 10.8. The number of hydrogen-bond acceptors (Lipinski definition) is 3. The fraction of sp³-hybridized carbons (Fsp3) is 0.857. The van der Waals surface area contributed by atoms with Gasteiger partial charge in [-0.2, -0.15) is 10.4 Å². The van der Waals surface area contributed by atoms with Crippen LogP contribution in [0, 0.1) is 58.2 Å². The van der Waals surface area contributed by atoms with Crippen molar-refractivity contribution in [1.82, 2.24) is 9.78 Å². The van der Waals surface area contributed by atoms with Gasteiger partial charge in [0.1, 0.15) is 6.07 Å². The largest absolute Gasteiger partial charge is 0.390 e. The van der Waals surface area contributed by atoms with Crippen molar-refractivity contribution < 1.29 is 5.11 Å². The van der Waals surface area contributed by atoms with Crippen molar-refractivity contribution in [1.29, 1.82) is 5.26 Å². The van der Waals surface area contributed by atoms with Gasteiger partial charge in [0.25, 0.3) is 0 Å². The lowest BCUT2D eigenvalue weighted by Gasteiger charge is -2.57. The Morgan fingerprint density at radius 1 is 1.16 bits per heavy atom. The maximum atomic E-state index is 11.1. The van der Waals surface area contributed by atoms with Crippen LogP contribution in [-0.2, 0) is 6.54 Å². The maximum Gasteiger partial charge on any atom is 0.102 e. The highest BCUT2D eigenvalue weighted by Gasteiger charge is 2.58. The molecule has 1 heterocycles. The highest BCUT2D eigenvalue weighted by atomic mass is 16.3. The number of rotatable bonds is 5. The predicted octanol–water partition coefficient (Wildman–Crippen LogP) is 6.19. The fourth-order valence-electron chi connectivity index (χ4n) is 9.57. The van der Waals surface area contributed by atoms with Crippen LogP contribution < -0.4 is 0 Å². The Morgan fingerprint density at radius 3 is 2.72 bits per heavy atom. The molecule has 0 aliphatic heterocycles. The van der Waals surface area contributed by atoms with Gasteiger partial charge in [-0.25, -0.2) is 0 Å². The Morgan fingerprint density at radius 2 is 1.97 bits per heavy atom. The molecule has 5 rings (SSSR count). The van der Waals surface area contributed by atoms with Crippen LogP contribution in [-0.4, -0.2) is 20.5 Å². The van der Waals surface area contributed by atoms with Gasteiger partial charge in [0.05, 0.1) is 17.4 Å². The number of hydrogen-bond donors (Lipinski definition) is 1. The predicted molar refractivity (Wildman–Crippen MR) is 127 cm³/mol. The average molecular weight is 438 g/mol. The third kappa shape index (κ3) is 3.73. The number of nitrogens with zero attached hydrogens (tertiary/aromatic N) is 3. The van der Waals surface area contributed by atoms with Crippen LogP contribution in [0.1, 0.15) is 97.0 Å². The van der Waals surface area contributed by atoms with Gasteiger partial charge in [-0.1, -0.05) is 27.2 Å². The van der Waals surface area contributed by atoms with E-state index in [0.29, 0.717) is 16.9 Å². The van der Waals surface area contributed by atoms with E-state index in [1.807, 2.05) is 10.9 Å². The monoisotopic (exact) mass is 437 g/mol. The molecule has 4 aliphatic carbocycles. The highest BCUT2D eigenvalue weighted by molar-refractivity contribution is 5.21. The van der Waals surface area contributed by atoms with Crippen LogP contribution in [0.3, 0.4) is 0 Å². The zero-order chi connectivity index (χ0) is 22.5. The fourth-order valence-corrected chi connectivity index (χ4v) is 9.57. The van der Waals surface area contributed by atoms with E-state index in [1.54, 1.807) is 6.20 Å². The zero-order valence-corrected chi connectivity index (χ0v) is 20.5. The lowest BCUT2D eigenvalue weighted by molar-refractivity contribution is -0.110. The minimum Gasteiger partial charge on any atom is -0.390 e. The molecule has 1 aromatic heterocycles. The first kappa shape index (κ1) is 22.5. The highest BCUT2D eigenvalue weighted by Crippen LogP contribution is 2.65. The van der Waals surface area contributed by atoms with Gasteiger partial charge in [-0.15, -0.1) is 0 Å². The van der Waals surface area contributed by atoms with E-state index >= 15 is 0 Å². The number of aliphatic hydroxyl groups is 1. The zero-order valence-electron chi connectivity index (χ0n) is 20.5. The van der Waals surface area contributed by atoms with Crippen molar-refractivity contribution in [3.05, 3.63) is 18.0 Å². The summed E-state index contributed by atoms with van der Waals surface area (Å²) in [5, 5.41) is 24.7. The Kier molecular flexibility index (Phi) is 5.94. The van der Waals surface area contributed by atoms with Gasteiger partial charge in [-0.05, 0) is 111 Å². The Hall–Kier alpha value is -1.34. The minimum absolute atomic E-state index is 0.363. The van der Waals surface area contributed by atoms with Gasteiger partial charge in [-0.3, -0.25) is 4.68 Å². The molecule has 4 fully saturated rings. The maximum absolute atomic E-state index is 11.1. The summed E-state index contributed by atoms with van der Waals surface area (Å²) in [5.41, 5.74) is 0.775. The molecule has 4 aliphatic rings. The lowest BCUT2D eigenvalue weighted by Crippen LogP contribution is -2.51. The average Bonchev–Trinajstić information content (AvgIpc) is 3.36. The molecule has 4 nitrogen and oxygen atoms in total. The van der Waals surface area contributed by atoms with E-state index < -0.39 is 0 Å². The van der Waals surface area contributed by atoms with Crippen LogP contribution in [0.15, 0.2) is 12.4 Å². The molecular weight excluding hydrogens is 394 g/mol. The first-order chi connectivity index (χ1) is 15.4. The van der Waals surface area contributed by atoms with Gasteiger partial charge >= 0.3 is 0 Å². The van der Waals surface area contributed by atoms with E-state index in [2.05, 4.69) is 31.9 Å². The molecule has 4 saturated carbocycles. The van der Waals surface area contributed by atoms with Crippen molar-refractivity contribution >= 4 is 0 Å². The third-order valence-electron chi connectivity index (χ3n) is 10.8. The standard InChI is InChI=1S/C28H43N3O/c1-4-11-28(32)13-10-22-21(14-28)5-6-24-23(22)9-12-27(3)25(7-8-26(24)27)19(2)17-31-18-20(15-29)16-30-31/h16,18-19,21-26,32H,4-14,17H2,1-3H3/t19-,21+,22-,23+,24+,25+,26-,27+,28+/m0/s1. The molecular formula is C28H43N3O. The second-order valence-corrected chi connectivity index (χ2v) is 12.4. The topological polar surface area (TPSA) is 61.8 Å². The first-order valence-electron chi connectivity index (χ1n) is 13.5. The number of nitriles is 1. The summed E-state index contributed by atoms with van der Waals surface area (Å²) in [6.45, 7) is 8.20. The van der Waals surface area contributed by atoms with Gasteiger partial charge in [0.2, 0.25) is 0 Å². The molecule has 0 saturated heterocycles. The SMILES string of the molecule is CCC[C@@]1(O)CC[C@H]2[C@H](CC[C@@H]3[C@@H]2CC[C@]2(C)[C@@H]([C@@H](C)Cn4cc(C#N)cn4)CC[C@@H]32)C1. The van der Waals surface area contributed by atoms with Crippen LogP contribution in [0.4, 0.5) is 0 Å². The molecule has 0 radical (unpaired) electrons.